The molecule has 1 N–H and O–H groups in total. The van der Waals surface area contributed by atoms with Gasteiger partial charge in [0, 0.05) is 23.6 Å². The number of ether oxygens (including phenoxy) is 1. The lowest BCUT2D eigenvalue weighted by atomic mass is 10.1. The van der Waals surface area contributed by atoms with Crippen molar-refractivity contribution in [1.82, 2.24) is 5.32 Å². The highest BCUT2D eigenvalue weighted by Crippen LogP contribution is 2.15. The summed E-state index contributed by atoms with van der Waals surface area (Å²) in [6.45, 7) is 1.90. The van der Waals surface area contributed by atoms with E-state index < -0.39 is 0 Å². The molecule has 132 valence electrons. The number of benzene rings is 2. The van der Waals surface area contributed by atoms with Crippen molar-refractivity contribution >= 4 is 23.5 Å². The quantitative estimate of drug-likeness (QED) is 0.549. The Morgan fingerprint density at radius 1 is 1.12 bits per heavy atom. The van der Waals surface area contributed by atoms with Gasteiger partial charge in [0.15, 0.2) is 12.4 Å². The van der Waals surface area contributed by atoms with Crippen molar-refractivity contribution in [2.45, 2.75) is 12.7 Å². The largest absolute Gasteiger partial charge is 0.484 e. The van der Waals surface area contributed by atoms with Crippen molar-refractivity contribution in [1.29, 1.82) is 0 Å². The second kappa shape index (κ2) is 9.84. The van der Waals surface area contributed by atoms with Crippen molar-refractivity contribution in [2.75, 3.05) is 18.9 Å². The van der Waals surface area contributed by atoms with Gasteiger partial charge < -0.3 is 10.1 Å². The number of nitrogens with one attached hydrogen (secondary N) is 1. The number of hydrogen-bond donors (Lipinski definition) is 1. The van der Waals surface area contributed by atoms with Gasteiger partial charge in [-0.25, -0.2) is 4.39 Å². The first kappa shape index (κ1) is 19.0. The molecule has 0 radical (unpaired) electrons. The number of ketones is 1. The topological polar surface area (TPSA) is 55.4 Å². The second-order valence-corrected chi connectivity index (χ2v) is 6.47. The van der Waals surface area contributed by atoms with Crippen molar-refractivity contribution in [2.24, 2.45) is 0 Å². The Kier molecular flexibility index (Phi) is 7.47. The molecule has 2 aromatic rings. The summed E-state index contributed by atoms with van der Waals surface area (Å²) in [6, 6.07) is 13.3. The maximum Gasteiger partial charge on any atom is 0.257 e. The van der Waals surface area contributed by atoms with Crippen LogP contribution in [0.5, 0.6) is 5.75 Å². The molecular weight excluding hydrogens is 341 g/mol. The number of rotatable bonds is 9. The number of hydrogen-bond acceptors (Lipinski definition) is 4. The van der Waals surface area contributed by atoms with Crippen LogP contribution in [0.25, 0.3) is 0 Å². The van der Waals surface area contributed by atoms with E-state index in [1.165, 1.54) is 13.0 Å². The van der Waals surface area contributed by atoms with E-state index in [9.17, 15) is 14.0 Å². The molecule has 0 heterocycles. The molecule has 0 aliphatic heterocycles. The van der Waals surface area contributed by atoms with Gasteiger partial charge in [0.25, 0.3) is 5.91 Å². The molecule has 4 nitrogen and oxygen atoms in total. The average molecular weight is 361 g/mol. The van der Waals surface area contributed by atoms with Gasteiger partial charge in [-0.1, -0.05) is 18.2 Å². The molecule has 0 bridgehead atoms. The van der Waals surface area contributed by atoms with Crippen LogP contribution in [0.15, 0.2) is 48.5 Å². The average Bonchev–Trinajstić information content (AvgIpc) is 2.61. The predicted octanol–water partition coefficient (Wildman–Crippen LogP) is 3.46. The summed E-state index contributed by atoms with van der Waals surface area (Å²) < 4.78 is 18.8. The lowest BCUT2D eigenvalue weighted by Gasteiger charge is -2.08. The lowest BCUT2D eigenvalue weighted by molar-refractivity contribution is -0.122. The van der Waals surface area contributed by atoms with E-state index >= 15 is 0 Å². The van der Waals surface area contributed by atoms with E-state index in [1.807, 2.05) is 0 Å². The minimum atomic E-state index is -0.220. The Hall–Kier alpha value is -2.34. The second-order valence-electron chi connectivity index (χ2n) is 5.36. The molecule has 0 saturated heterocycles. The SMILES string of the molecule is CC(=O)c1ccc(OCC(=O)NCCSCc2ccccc2F)cc1. The maximum atomic E-state index is 13.4. The van der Waals surface area contributed by atoms with Crippen LogP contribution in [0.4, 0.5) is 4.39 Å². The van der Waals surface area contributed by atoms with E-state index in [-0.39, 0.29) is 24.1 Å². The minimum absolute atomic E-state index is 0.0165. The van der Waals surface area contributed by atoms with Gasteiger partial charge in [-0.3, -0.25) is 9.59 Å². The van der Waals surface area contributed by atoms with Crippen LogP contribution in [0.1, 0.15) is 22.8 Å². The van der Waals surface area contributed by atoms with E-state index in [4.69, 9.17) is 4.74 Å². The van der Waals surface area contributed by atoms with Gasteiger partial charge in [0.05, 0.1) is 0 Å². The Balaban J connectivity index is 1.61. The zero-order chi connectivity index (χ0) is 18.1. The van der Waals surface area contributed by atoms with Crippen LogP contribution in [0.3, 0.4) is 0 Å². The van der Waals surface area contributed by atoms with Gasteiger partial charge in [-0.05, 0) is 42.8 Å². The fraction of sp³-hybridized carbons (Fsp3) is 0.263. The van der Waals surface area contributed by atoms with Gasteiger partial charge in [-0.2, -0.15) is 11.8 Å². The summed E-state index contributed by atoms with van der Waals surface area (Å²) in [5.74, 6) is 1.35. The summed E-state index contributed by atoms with van der Waals surface area (Å²) >= 11 is 1.55. The first-order valence-electron chi connectivity index (χ1n) is 7.88. The Labute approximate surface area is 150 Å². The van der Waals surface area contributed by atoms with Gasteiger partial charge in [0.2, 0.25) is 0 Å². The Morgan fingerprint density at radius 2 is 1.84 bits per heavy atom. The van der Waals surface area contributed by atoms with Crippen LogP contribution >= 0.6 is 11.8 Å². The van der Waals surface area contributed by atoms with Crippen molar-refractivity contribution in [3.05, 3.63) is 65.5 Å². The minimum Gasteiger partial charge on any atom is -0.484 e. The molecule has 0 atom stereocenters. The summed E-state index contributed by atoms with van der Waals surface area (Å²) in [4.78, 5) is 22.9. The Bertz CT molecular complexity index is 719. The first-order valence-corrected chi connectivity index (χ1v) is 9.03. The van der Waals surface area contributed by atoms with E-state index in [0.29, 0.717) is 34.9 Å². The molecular formula is C19H20FNO3S. The smallest absolute Gasteiger partial charge is 0.257 e. The molecule has 0 spiro atoms. The lowest BCUT2D eigenvalue weighted by Crippen LogP contribution is -2.30. The zero-order valence-electron chi connectivity index (χ0n) is 14.0. The molecule has 2 rings (SSSR count). The third kappa shape index (κ3) is 6.58. The highest BCUT2D eigenvalue weighted by atomic mass is 32.2. The highest BCUT2D eigenvalue weighted by Gasteiger charge is 2.04. The number of amides is 1. The molecule has 6 heteroatoms. The third-order valence-corrected chi connectivity index (χ3v) is 4.42. The summed E-state index contributed by atoms with van der Waals surface area (Å²) in [7, 11) is 0. The van der Waals surface area contributed by atoms with Crippen molar-refractivity contribution < 1.29 is 18.7 Å². The molecule has 1 amide bonds. The molecule has 0 saturated carbocycles. The van der Waals surface area contributed by atoms with Crippen LogP contribution in [0, 0.1) is 5.82 Å². The monoisotopic (exact) mass is 361 g/mol. The molecule has 25 heavy (non-hydrogen) atoms. The number of Topliss-reactive ketones (excluding diaryl/α,β-unsaturated/α-hetero) is 1. The van der Waals surface area contributed by atoms with E-state index in [1.54, 1.807) is 54.2 Å². The highest BCUT2D eigenvalue weighted by molar-refractivity contribution is 7.98. The van der Waals surface area contributed by atoms with E-state index in [2.05, 4.69) is 5.32 Å². The Morgan fingerprint density at radius 3 is 2.52 bits per heavy atom. The fourth-order valence-corrected chi connectivity index (χ4v) is 2.89. The van der Waals surface area contributed by atoms with E-state index in [0.717, 1.165) is 0 Å². The normalized spacial score (nSPS) is 10.3. The molecule has 0 aliphatic rings. The van der Waals surface area contributed by atoms with Crippen LogP contribution < -0.4 is 10.1 Å². The zero-order valence-corrected chi connectivity index (χ0v) is 14.8. The van der Waals surface area contributed by atoms with Gasteiger partial charge >= 0.3 is 0 Å². The number of carbonyl (C=O) groups is 2. The fourth-order valence-electron chi connectivity index (χ4n) is 2.05. The van der Waals surface area contributed by atoms with Crippen LogP contribution in [-0.2, 0) is 10.5 Å². The number of carbonyl (C=O) groups excluding carboxylic acids is 2. The number of thioether (sulfide) groups is 1. The standard InChI is InChI=1S/C19H20FNO3S/c1-14(22)15-6-8-17(9-7-15)24-12-19(23)21-10-11-25-13-16-4-2-3-5-18(16)20/h2-9H,10-13H2,1H3,(H,21,23). The molecule has 0 aliphatic carbocycles. The molecule has 0 aromatic heterocycles. The summed E-state index contributed by atoms with van der Waals surface area (Å²) in [5.41, 5.74) is 1.26. The first-order chi connectivity index (χ1) is 12.1. The van der Waals surface area contributed by atoms with Crippen LogP contribution in [-0.4, -0.2) is 30.6 Å². The molecule has 2 aromatic carbocycles. The van der Waals surface area contributed by atoms with Crippen LogP contribution in [0.2, 0.25) is 0 Å². The van der Waals surface area contributed by atoms with Gasteiger partial charge in [-0.15, -0.1) is 0 Å². The molecule has 0 fully saturated rings. The maximum absolute atomic E-state index is 13.4. The van der Waals surface area contributed by atoms with Gasteiger partial charge in [0.1, 0.15) is 11.6 Å². The summed E-state index contributed by atoms with van der Waals surface area (Å²) in [6.07, 6.45) is 0. The third-order valence-electron chi connectivity index (χ3n) is 3.41. The number of halogens is 1. The molecule has 0 unspecified atom stereocenters. The van der Waals surface area contributed by atoms with Crippen molar-refractivity contribution in [3.63, 3.8) is 0 Å². The predicted molar refractivity (Wildman–Crippen MR) is 97.5 cm³/mol. The van der Waals surface area contributed by atoms with Crippen molar-refractivity contribution in [3.8, 4) is 5.75 Å². The summed E-state index contributed by atoms with van der Waals surface area (Å²) in [5, 5.41) is 2.75.